The van der Waals surface area contributed by atoms with E-state index < -0.39 is 0 Å². The van der Waals surface area contributed by atoms with Crippen LogP contribution in [0.2, 0.25) is 0 Å². The fourth-order valence-corrected chi connectivity index (χ4v) is 3.34. The molecular formula is C22H25N3O. The molecule has 0 radical (unpaired) electrons. The highest BCUT2D eigenvalue weighted by molar-refractivity contribution is 5.76. The first-order chi connectivity index (χ1) is 12.7. The summed E-state index contributed by atoms with van der Waals surface area (Å²) < 4.78 is 0. The van der Waals surface area contributed by atoms with Crippen molar-refractivity contribution in [1.29, 1.82) is 5.26 Å². The Morgan fingerprint density at radius 3 is 2.27 bits per heavy atom. The monoisotopic (exact) mass is 347 g/mol. The lowest BCUT2D eigenvalue weighted by Crippen LogP contribution is -2.48. The molecule has 0 unspecified atom stereocenters. The minimum Gasteiger partial charge on any atom is -0.340 e. The highest BCUT2D eigenvalue weighted by Crippen LogP contribution is 2.12. The van der Waals surface area contributed by atoms with Gasteiger partial charge in [0.05, 0.1) is 11.6 Å². The number of aryl methyl sites for hydroxylation is 1. The van der Waals surface area contributed by atoms with Gasteiger partial charge in [0.2, 0.25) is 5.91 Å². The Balaban J connectivity index is 1.38. The first-order valence-corrected chi connectivity index (χ1v) is 9.28. The minimum atomic E-state index is 0.277. The van der Waals surface area contributed by atoms with Gasteiger partial charge in [-0.15, -0.1) is 0 Å². The lowest BCUT2D eigenvalue weighted by Gasteiger charge is -2.34. The summed E-state index contributed by atoms with van der Waals surface area (Å²) in [6, 6.07) is 20.2. The van der Waals surface area contributed by atoms with E-state index in [1.165, 1.54) is 11.1 Å². The van der Waals surface area contributed by atoms with E-state index in [9.17, 15) is 4.79 Å². The molecule has 26 heavy (non-hydrogen) atoms. The molecule has 3 rings (SSSR count). The summed E-state index contributed by atoms with van der Waals surface area (Å²) in [5.74, 6) is 0.277. The third-order valence-corrected chi connectivity index (χ3v) is 4.91. The van der Waals surface area contributed by atoms with Gasteiger partial charge < -0.3 is 4.90 Å². The summed E-state index contributed by atoms with van der Waals surface area (Å²) in [7, 11) is 0. The van der Waals surface area contributed by atoms with E-state index in [1.54, 1.807) is 0 Å². The highest BCUT2D eigenvalue weighted by atomic mass is 16.2. The van der Waals surface area contributed by atoms with Gasteiger partial charge in [-0.05, 0) is 36.1 Å². The van der Waals surface area contributed by atoms with E-state index in [4.69, 9.17) is 5.26 Å². The van der Waals surface area contributed by atoms with Gasteiger partial charge in [0.1, 0.15) is 0 Å². The number of hydrogen-bond donors (Lipinski definition) is 0. The van der Waals surface area contributed by atoms with Crippen LogP contribution in [0.1, 0.15) is 29.5 Å². The molecule has 1 fully saturated rings. The summed E-state index contributed by atoms with van der Waals surface area (Å²) in [5, 5.41) is 8.86. The molecule has 1 aliphatic heterocycles. The van der Waals surface area contributed by atoms with Crippen molar-refractivity contribution in [2.24, 2.45) is 0 Å². The zero-order valence-corrected chi connectivity index (χ0v) is 15.1. The van der Waals surface area contributed by atoms with Crippen LogP contribution in [0.15, 0.2) is 54.6 Å². The van der Waals surface area contributed by atoms with Gasteiger partial charge in [-0.3, -0.25) is 9.69 Å². The Labute approximate surface area is 155 Å². The molecule has 1 heterocycles. The van der Waals surface area contributed by atoms with Crippen LogP contribution in [0.25, 0.3) is 0 Å². The molecule has 0 aromatic heterocycles. The molecule has 134 valence electrons. The van der Waals surface area contributed by atoms with Crippen LogP contribution in [0, 0.1) is 11.3 Å². The first-order valence-electron chi connectivity index (χ1n) is 9.28. The van der Waals surface area contributed by atoms with E-state index in [1.807, 2.05) is 47.4 Å². The van der Waals surface area contributed by atoms with Gasteiger partial charge in [-0.2, -0.15) is 5.26 Å². The number of carbonyl (C=O) groups excluding carboxylic acids is 1. The second kappa shape index (κ2) is 9.17. The molecule has 1 aliphatic rings. The van der Waals surface area contributed by atoms with Gasteiger partial charge in [0.25, 0.3) is 0 Å². The average Bonchev–Trinajstić information content (AvgIpc) is 2.70. The molecule has 0 N–H and O–H groups in total. The van der Waals surface area contributed by atoms with E-state index in [0.717, 1.165) is 45.6 Å². The maximum atomic E-state index is 12.4. The number of benzene rings is 2. The molecule has 0 bridgehead atoms. The highest BCUT2D eigenvalue weighted by Gasteiger charge is 2.20. The number of hydrogen-bond acceptors (Lipinski definition) is 3. The SMILES string of the molecule is N#Cc1ccc(CN2CCN(C(=O)CCCc3ccccc3)CC2)cc1. The summed E-state index contributed by atoms with van der Waals surface area (Å²) in [5.41, 5.74) is 3.21. The minimum absolute atomic E-state index is 0.277. The number of piperazine rings is 1. The molecule has 0 spiro atoms. The molecule has 4 nitrogen and oxygen atoms in total. The topological polar surface area (TPSA) is 47.3 Å². The molecule has 2 aromatic rings. The first kappa shape index (κ1) is 18.2. The number of rotatable bonds is 6. The van der Waals surface area contributed by atoms with Crippen molar-refractivity contribution in [3.05, 3.63) is 71.3 Å². The second-order valence-corrected chi connectivity index (χ2v) is 6.80. The van der Waals surface area contributed by atoms with E-state index >= 15 is 0 Å². The summed E-state index contributed by atoms with van der Waals surface area (Å²) in [6.45, 7) is 4.30. The van der Waals surface area contributed by atoms with Gasteiger partial charge in [0, 0.05) is 39.1 Å². The quantitative estimate of drug-likeness (QED) is 0.806. The smallest absolute Gasteiger partial charge is 0.222 e. The maximum absolute atomic E-state index is 12.4. The predicted octanol–water partition coefficient (Wildman–Crippen LogP) is 3.23. The van der Waals surface area contributed by atoms with Crippen molar-refractivity contribution in [1.82, 2.24) is 9.80 Å². The largest absolute Gasteiger partial charge is 0.340 e. The van der Waals surface area contributed by atoms with Crippen LogP contribution in [-0.2, 0) is 17.8 Å². The van der Waals surface area contributed by atoms with Crippen LogP contribution < -0.4 is 0 Å². The summed E-state index contributed by atoms with van der Waals surface area (Å²) in [6.07, 6.45) is 2.50. The maximum Gasteiger partial charge on any atom is 0.222 e. The molecule has 0 saturated carbocycles. The van der Waals surface area contributed by atoms with Crippen LogP contribution in [-0.4, -0.2) is 41.9 Å². The Kier molecular flexibility index (Phi) is 6.40. The molecule has 0 atom stereocenters. The molecule has 1 amide bonds. The van der Waals surface area contributed by atoms with Gasteiger partial charge in [-0.1, -0.05) is 42.5 Å². The summed E-state index contributed by atoms with van der Waals surface area (Å²) in [4.78, 5) is 16.8. The van der Waals surface area contributed by atoms with Crippen LogP contribution >= 0.6 is 0 Å². The van der Waals surface area contributed by atoms with Crippen molar-refractivity contribution in [3.63, 3.8) is 0 Å². The Morgan fingerprint density at radius 1 is 0.923 bits per heavy atom. The lowest BCUT2D eigenvalue weighted by molar-refractivity contribution is -0.133. The molecule has 4 heteroatoms. The van der Waals surface area contributed by atoms with Crippen LogP contribution in [0.5, 0.6) is 0 Å². The van der Waals surface area contributed by atoms with Gasteiger partial charge >= 0.3 is 0 Å². The van der Waals surface area contributed by atoms with Crippen molar-refractivity contribution >= 4 is 5.91 Å². The standard InChI is InChI=1S/C22H25N3O/c23-17-20-9-11-21(12-10-20)18-24-13-15-25(16-14-24)22(26)8-4-7-19-5-2-1-3-6-19/h1-3,5-6,9-12H,4,7-8,13-16,18H2. The average molecular weight is 347 g/mol. The van der Waals surface area contributed by atoms with E-state index in [0.29, 0.717) is 12.0 Å². The molecular weight excluding hydrogens is 322 g/mol. The molecule has 1 saturated heterocycles. The lowest BCUT2D eigenvalue weighted by atomic mass is 10.1. The van der Waals surface area contributed by atoms with Crippen molar-refractivity contribution < 1.29 is 4.79 Å². The zero-order valence-electron chi connectivity index (χ0n) is 15.1. The number of amides is 1. The second-order valence-electron chi connectivity index (χ2n) is 6.80. The Hall–Kier alpha value is -2.64. The zero-order chi connectivity index (χ0) is 18.2. The fourth-order valence-electron chi connectivity index (χ4n) is 3.34. The Bertz CT molecular complexity index is 741. The van der Waals surface area contributed by atoms with Gasteiger partial charge in [-0.25, -0.2) is 0 Å². The predicted molar refractivity (Wildman–Crippen MR) is 102 cm³/mol. The molecule has 0 aliphatic carbocycles. The van der Waals surface area contributed by atoms with Crippen molar-refractivity contribution in [2.75, 3.05) is 26.2 Å². The van der Waals surface area contributed by atoms with Crippen molar-refractivity contribution in [2.45, 2.75) is 25.8 Å². The summed E-state index contributed by atoms with van der Waals surface area (Å²) >= 11 is 0. The molecule has 2 aromatic carbocycles. The van der Waals surface area contributed by atoms with E-state index in [2.05, 4.69) is 23.1 Å². The number of nitriles is 1. The van der Waals surface area contributed by atoms with E-state index in [-0.39, 0.29) is 5.91 Å². The van der Waals surface area contributed by atoms with Gasteiger partial charge in [0.15, 0.2) is 0 Å². The third-order valence-electron chi connectivity index (χ3n) is 4.91. The fraction of sp³-hybridized carbons (Fsp3) is 0.364. The number of nitrogens with zero attached hydrogens (tertiary/aromatic N) is 3. The van der Waals surface area contributed by atoms with Crippen molar-refractivity contribution in [3.8, 4) is 6.07 Å². The normalized spacial score (nSPS) is 14.8. The third kappa shape index (κ3) is 5.18. The van der Waals surface area contributed by atoms with Crippen LogP contribution in [0.3, 0.4) is 0 Å². The van der Waals surface area contributed by atoms with Crippen LogP contribution in [0.4, 0.5) is 0 Å². The number of carbonyl (C=O) groups is 1. The Morgan fingerprint density at radius 2 is 1.62 bits per heavy atom.